The second-order valence-electron chi connectivity index (χ2n) is 6.51. The zero-order chi connectivity index (χ0) is 17.7. The van der Waals surface area contributed by atoms with Crippen LogP contribution in [0.4, 0.5) is 0 Å². The van der Waals surface area contributed by atoms with Gasteiger partial charge in [-0.15, -0.1) is 11.3 Å². The molecule has 0 aliphatic heterocycles. The summed E-state index contributed by atoms with van der Waals surface area (Å²) in [5, 5.41) is 7.47. The number of hydrogen-bond donors (Lipinski definition) is 0. The fraction of sp³-hybridized carbons (Fsp3) is 0.0870. The predicted molar refractivity (Wildman–Crippen MR) is 110 cm³/mol. The molecule has 4 aromatic carbocycles. The summed E-state index contributed by atoms with van der Waals surface area (Å²) in [6.45, 7) is 1.76. The number of thiophene rings is 1. The number of carbonyl (C=O) groups excluding carboxylic acids is 1. The third-order valence-corrected chi connectivity index (χ3v) is 6.18. The van der Waals surface area contributed by atoms with Gasteiger partial charge in [0.25, 0.3) is 0 Å². The molecule has 5 aromatic rings. The first-order chi connectivity index (χ1) is 12.7. The van der Waals surface area contributed by atoms with Gasteiger partial charge >= 0.3 is 5.97 Å². The van der Waals surface area contributed by atoms with Gasteiger partial charge in [-0.1, -0.05) is 60.7 Å². The summed E-state index contributed by atoms with van der Waals surface area (Å²) in [7, 11) is 0. The van der Waals surface area contributed by atoms with Crippen LogP contribution in [0.25, 0.3) is 41.7 Å². The molecule has 5 rings (SSSR count). The zero-order valence-corrected chi connectivity index (χ0v) is 15.1. The van der Waals surface area contributed by atoms with Crippen LogP contribution in [0, 0.1) is 0 Å². The summed E-state index contributed by atoms with van der Waals surface area (Å²) in [6.07, 6.45) is 0. The van der Waals surface area contributed by atoms with Gasteiger partial charge in [0.2, 0.25) is 0 Å². The van der Waals surface area contributed by atoms with Crippen molar-refractivity contribution >= 4 is 59.0 Å². The molecule has 0 atom stereocenters. The lowest BCUT2D eigenvalue weighted by Crippen LogP contribution is -1.99. The van der Waals surface area contributed by atoms with Crippen molar-refractivity contribution in [2.75, 3.05) is 0 Å². The maximum Gasteiger partial charge on any atom is 0.302 e. The van der Waals surface area contributed by atoms with Crippen LogP contribution >= 0.6 is 11.3 Å². The van der Waals surface area contributed by atoms with Crippen molar-refractivity contribution in [3.63, 3.8) is 0 Å². The number of fused-ring (bicyclic) bond motifs is 7. The van der Waals surface area contributed by atoms with E-state index in [-0.39, 0.29) is 5.97 Å². The average molecular weight is 356 g/mol. The van der Waals surface area contributed by atoms with Crippen molar-refractivity contribution in [3.8, 4) is 0 Å². The van der Waals surface area contributed by atoms with Gasteiger partial charge in [0.05, 0.1) is 0 Å². The van der Waals surface area contributed by atoms with Crippen LogP contribution in [0.15, 0.2) is 66.7 Å². The summed E-state index contributed by atoms with van der Waals surface area (Å²) in [6, 6.07) is 23.5. The Kier molecular flexibility index (Phi) is 3.44. The highest BCUT2D eigenvalue weighted by Gasteiger charge is 2.15. The molecule has 3 heteroatoms. The van der Waals surface area contributed by atoms with E-state index in [0.717, 1.165) is 5.56 Å². The van der Waals surface area contributed by atoms with Gasteiger partial charge in [-0.2, -0.15) is 0 Å². The minimum Gasteiger partial charge on any atom is -0.461 e. The van der Waals surface area contributed by atoms with Gasteiger partial charge in [-0.05, 0) is 27.6 Å². The lowest BCUT2D eigenvalue weighted by atomic mass is 9.99. The third-order valence-electron chi connectivity index (χ3n) is 4.86. The van der Waals surface area contributed by atoms with Gasteiger partial charge in [0.15, 0.2) is 0 Å². The van der Waals surface area contributed by atoms with Gasteiger partial charge < -0.3 is 4.74 Å². The molecule has 0 aliphatic rings. The number of rotatable bonds is 2. The van der Waals surface area contributed by atoms with Crippen LogP contribution in [0.5, 0.6) is 0 Å². The number of esters is 1. The number of carbonyl (C=O) groups is 1. The Morgan fingerprint density at radius 3 is 2.38 bits per heavy atom. The number of ether oxygens (including phenoxy) is 1. The van der Waals surface area contributed by atoms with Crippen LogP contribution in [-0.4, -0.2) is 5.97 Å². The highest BCUT2D eigenvalue weighted by atomic mass is 32.1. The zero-order valence-electron chi connectivity index (χ0n) is 14.3. The summed E-state index contributed by atoms with van der Waals surface area (Å²) >= 11 is 1.79. The van der Waals surface area contributed by atoms with Crippen LogP contribution in [0.3, 0.4) is 0 Å². The van der Waals surface area contributed by atoms with E-state index in [0.29, 0.717) is 6.61 Å². The molecule has 2 nitrogen and oxygen atoms in total. The molecule has 1 aromatic heterocycles. The van der Waals surface area contributed by atoms with Gasteiger partial charge in [0, 0.05) is 32.7 Å². The van der Waals surface area contributed by atoms with E-state index >= 15 is 0 Å². The molecule has 0 saturated heterocycles. The van der Waals surface area contributed by atoms with Crippen molar-refractivity contribution in [2.24, 2.45) is 0 Å². The van der Waals surface area contributed by atoms with E-state index in [2.05, 4.69) is 60.7 Å². The Balaban J connectivity index is 1.95. The molecule has 0 fully saturated rings. The molecule has 0 amide bonds. The van der Waals surface area contributed by atoms with E-state index in [1.165, 1.54) is 48.6 Å². The molecule has 0 saturated carbocycles. The van der Waals surface area contributed by atoms with Gasteiger partial charge in [-0.25, -0.2) is 0 Å². The first kappa shape index (κ1) is 15.4. The summed E-state index contributed by atoms with van der Waals surface area (Å²) in [4.78, 5) is 11.3. The predicted octanol–water partition coefficient (Wildman–Crippen LogP) is 6.42. The molecular weight excluding hydrogens is 340 g/mol. The van der Waals surface area contributed by atoms with E-state index in [4.69, 9.17) is 4.74 Å². The summed E-state index contributed by atoms with van der Waals surface area (Å²) in [5.74, 6) is -0.252. The summed E-state index contributed by atoms with van der Waals surface area (Å²) in [5.41, 5.74) is 1.07. The Labute approximate surface area is 154 Å². The molecule has 0 radical (unpaired) electrons. The lowest BCUT2D eigenvalue weighted by Gasteiger charge is -2.07. The number of benzene rings is 4. The summed E-state index contributed by atoms with van der Waals surface area (Å²) < 4.78 is 7.83. The standard InChI is InChI=1S/C23H16O2S/c1-14(24)25-13-17-12-16-7-3-4-8-18(16)21-20-11-10-15-6-2-5-9-19(15)23(20)26-22(17)21/h2-12H,13H2,1H3. The van der Waals surface area contributed by atoms with Crippen LogP contribution in [-0.2, 0) is 16.1 Å². The van der Waals surface area contributed by atoms with Gasteiger partial charge in [0.1, 0.15) is 6.61 Å². The lowest BCUT2D eigenvalue weighted by molar-refractivity contribution is -0.142. The Morgan fingerprint density at radius 1 is 0.846 bits per heavy atom. The third kappa shape index (κ3) is 2.28. The van der Waals surface area contributed by atoms with Crippen molar-refractivity contribution < 1.29 is 9.53 Å². The molecular formula is C23H16O2S. The van der Waals surface area contributed by atoms with Crippen LogP contribution < -0.4 is 0 Å². The first-order valence-corrected chi connectivity index (χ1v) is 9.42. The van der Waals surface area contributed by atoms with Crippen molar-refractivity contribution in [2.45, 2.75) is 13.5 Å². The van der Waals surface area contributed by atoms with Crippen LogP contribution in [0.1, 0.15) is 12.5 Å². The van der Waals surface area contributed by atoms with Crippen LogP contribution in [0.2, 0.25) is 0 Å². The van der Waals surface area contributed by atoms with E-state index in [9.17, 15) is 4.79 Å². The minimum absolute atomic E-state index is 0.252. The second kappa shape index (κ2) is 5.82. The van der Waals surface area contributed by atoms with Crippen molar-refractivity contribution in [3.05, 3.63) is 72.3 Å². The fourth-order valence-corrected chi connectivity index (χ4v) is 5.06. The molecule has 126 valence electrons. The number of hydrogen-bond acceptors (Lipinski definition) is 3. The molecule has 0 spiro atoms. The quantitative estimate of drug-likeness (QED) is 0.341. The molecule has 0 aliphatic carbocycles. The van der Waals surface area contributed by atoms with E-state index in [1.807, 2.05) is 6.07 Å². The average Bonchev–Trinajstić information content (AvgIpc) is 3.06. The SMILES string of the molecule is CC(=O)OCc1cc2ccccc2c2c1sc1c3ccccc3ccc12. The Hall–Kier alpha value is -2.91. The van der Waals surface area contributed by atoms with E-state index < -0.39 is 0 Å². The smallest absolute Gasteiger partial charge is 0.302 e. The first-order valence-electron chi connectivity index (χ1n) is 8.60. The molecule has 0 unspecified atom stereocenters. The topological polar surface area (TPSA) is 26.3 Å². The maximum atomic E-state index is 11.3. The maximum absolute atomic E-state index is 11.3. The Bertz CT molecular complexity index is 1310. The van der Waals surface area contributed by atoms with Gasteiger partial charge in [-0.3, -0.25) is 4.79 Å². The normalized spacial score (nSPS) is 11.6. The molecule has 1 heterocycles. The van der Waals surface area contributed by atoms with Crippen molar-refractivity contribution in [1.29, 1.82) is 0 Å². The molecule has 0 N–H and O–H groups in total. The van der Waals surface area contributed by atoms with Crippen molar-refractivity contribution in [1.82, 2.24) is 0 Å². The van der Waals surface area contributed by atoms with E-state index in [1.54, 1.807) is 11.3 Å². The largest absolute Gasteiger partial charge is 0.461 e. The highest BCUT2D eigenvalue weighted by molar-refractivity contribution is 7.27. The molecule has 26 heavy (non-hydrogen) atoms. The monoisotopic (exact) mass is 356 g/mol. The fourth-order valence-electron chi connectivity index (χ4n) is 3.71. The molecule has 0 bridgehead atoms. The highest BCUT2D eigenvalue weighted by Crippen LogP contribution is 2.43. The minimum atomic E-state index is -0.252. The Morgan fingerprint density at radius 2 is 1.58 bits per heavy atom. The second-order valence-corrected chi connectivity index (χ2v) is 7.53.